The Balaban J connectivity index is 2.93. The number of rotatable bonds is 4. The van der Waals surface area contributed by atoms with Crippen LogP contribution in [0.2, 0.25) is 0 Å². The minimum Gasteiger partial charge on any atom is -0.468 e. The zero-order valence-corrected chi connectivity index (χ0v) is 14.8. The molecule has 0 saturated heterocycles. The predicted octanol–water partition coefficient (Wildman–Crippen LogP) is 4.33. The lowest BCUT2D eigenvalue weighted by atomic mass is 9.82. The van der Waals surface area contributed by atoms with E-state index in [2.05, 4.69) is 5.73 Å². The second-order valence-electron chi connectivity index (χ2n) is 6.46. The molecule has 0 aliphatic heterocycles. The van der Waals surface area contributed by atoms with Crippen molar-refractivity contribution in [1.29, 1.82) is 0 Å². The molecule has 1 aliphatic carbocycles. The Kier molecular flexibility index (Phi) is 8.71. The molecule has 0 aromatic heterocycles. The van der Waals surface area contributed by atoms with Crippen LogP contribution in [0.25, 0.3) is 0 Å². The van der Waals surface area contributed by atoms with Gasteiger partial charge in [-0.3, -0.25) is 9.59 Å². The molecule has 130 valence electrons. The van der Waals surface area contributed by atoms with E-state index in [1.165, 1.54) is 52.7 Å². The zero-order chi connectivity index (χ0) is 17.1. The molecule has 0 atom stereocenters. The van der Waals surface area contributed by atoms with Crippen LogP contribution >= 0.6 is 0 Å². The summed E-state index contributed by atoms with van der Waals surface area (Å²) in [6.07, 6.45) is 12.7. The average molecular weight is 322 g/mol. The zero-order valence-electron chi connectivity index (χ0n) is 14.8. The van der Waals surface area contributed by atoms with Crippen molar-refractivity contribution in [3.63, 3.8) is 0 Å². The fourth-order valence-corrected chi connectivity index (χ4v) is 3.00. The number of hydrogen-bond donors (Lipinski definition) is 0. The van der Waals surface area contributed by atoms with Crippen LogP contribution in [0, 0.1) is 5.41 Å². The molecule has 0 amide bonds. The molecule has 0 bridgehead atoms. The van der Waals surface area contributed by atoms with Crippen molar-refractivity contribution in [1.82, 2.24) is 0 Å². The molecule has 0 radical (unpaired) electrons. The lowest BCUT2D eigenvalue weighted by molar-refractivity contribution is -0.167. The minimum atomic E-state index is -1.29. The van der Waals surface area contributed by atoms with E-state index in [4.69, 9.17) is 9.47 Å². The summed E-state index contributed by atoms with van der Waals surface area (Å²) < 4.78 is 9.65. The number of carbonyl (C=O) groups excluding carboxylic acids is 2. The SMILES string of the molecule is COC(=O)C(C)(CC1=C=CCCCCCCCCC1)C(=O)OC. The molecule has 0 N–H and O–H groups in total. The maximum Gasteiger partial charge on any atom is 0.323 e. The molecule has 1 aliphatic rings. The predicted molar refractivity (Wildman–Crippen MR) is 89.9 cm³/mol. The van der Waals surface area contributed by atoms with Gasteiger partial charge in [-0.05, 0) is 44.3 Å². The molecule has 0 unspecified atom stereocenters. The maximum absolute atomic E-state index is 12.1. The highest BCUT2D eigenvalue weighted by Gasteiger charge is 2.44. The van der Waals surface area contributed by atoms with Crippen LogP contribution in [-0.2, 0) is 19.1 Å². The molecular formula is C19H30O4. The van der Waals surface area contributed by atoms with Crippen molar-refractivity contribution < 1.29 is 19.1 Å². The van der Waals surface area contributed by atoms with Crippen molar-refractivity contribution in [2.75, 3.05) is 14.2 Å². The van der Waals surface area contributed by atoms with Gasteiger partial charge in [0.15, 0.2) is 5.41 Å². The molecule has 1 rings (SSSR count). The van der Waals surface area contributed by atoms with E-state index < -0.39 is 17.4 Å². The van der Waals surface area contributed by atoms with Gasteiger partial charge in [0.2, 0.25) is 0 Å². The first-order valence-corrected chi connectivity index (χ1v) is 8.64. The third-order valence-electron chi connectivity index (χ3n) is 4.47. The normalized spacial score (nSPS) is 17.4. The molecule has 0 fully saturated rings. The molecule has 4 nitrogen and oxygen atoms in total. The van der Waals surface area contributed by atoms with E-state index in [1.54, 1.807) is 6.92 Å². The third-order valence-corrected chi connectivity index (χ3v) is 4.47. The first-order valence-electron chi connectivity index (χ1n) is 8.64. The Morgan fingerprint density at radius 2 is 1.52 bits per heavy atom. The summed E-state index contributed by atoms with van der Waals surface area (Å²) in [5.41, 5.74) is 3.04. The highest BCUT2D eigenvalue weighted by molar-refractivity contribution is 5.99. The van der Waals surface area contributed by atoms with Gasteiger partial charge >= 0.3 is 11.9 Å². The van der Waals surface area contributed by atoms with Crippen LogP contribution in [-0.4, -0.2) is 26.2 Å². The minimum absolute atomic E-state index is 0.308. The Hall–Kier alpha value is -1.54. The Morgan fingerprint density at radius 1 is 1.00 bits per heavy atom. The van der Waals surface area contributed by atoms with E-state index >= 15 is 0 Å². The highest BCUT2D eigenvalue weighted by Crippen LogP contribution is 2.31. The molecule has 0 heterocycles. The van der Waals surface area contributed by atoms with Crippen LogP contribution in [0.15, 0.2) is 17.4 Å². The standard InChI is InChI=1S/C19H30O4/c1-19(17(20)22-2,18(21)23-3)15-16-13-11-9-7-5-4-6-8-10-12-14-16/h11H,4-10,12,14-15H2,1-3H3. The molecule has 23 heavy (non-hydrogen) atoms. The van der Waals surface area contributed by atoms with Crippen molar-refractivity contribution in [3.8, 4) is 0 Å². The Bertz CT molecular complexity index is 442. The first kappa shape index (κ1) is 19.5. The van der Waals surface area contributed by atoms with Gasteiger partial charge in [-0.25, -0.2) is 0 Å². The lowest BCUT2D eigenvalue weighted by Gasteiger charge is -2.24. The van der Waals surface area contributed by atoms with Crippen LogP contribution in [0.1, 0.15) is 71.1 Å². The van der Waals surface area contributed by atoms with Gasteiger partial charge in [0, 0.05) is 6.42 Å². The highest BCUT2D eigenvalue weighted by atomic mass is 16.5. The summed E-state index contributed by atoms with van der Waals surface area (Å²) in [4.78, 5) is 24.2. The Labute approximate surface area is 139 Å². The summed E-state index contributed by atoms with van der Waals surface area (Å²) in [5.74, 6) is -1.10. The van der Waals surface area contributed by atoms with Crippen LogP contribution in [0.4, 0.5) is 0 Å². The van der Waals surface area contributed by atoms with Gasteiger partial charge in [0.1, 0.15) is 0 Å². The molecule has 0 saturated carbocycles. The van der Waals surface area contributed by atoms with E-state index in [1.807, 2.05) is 6.08 Å². The summed E-state index contributed by atoms with van der Waals surface area (Å²) in [7, 11) is 2.60. The van der Waals surface area contributed by atoms with Crippen molar-refractivity contribution in [2.45, 2.75) is 71.1 Å². The number of esters is 2. The average Bonchev–Trinajstić information content (AvgIpc) is 2.55. The van der Waals surface area contributed by atoms with E-state index in [9.17, 15) is 9.59 Å². The second-order valence-corrected chi connectivity index (χ2v) is 6.46. The molecule has 0 aromatic carbocycles. The molecule has 0 aromatic rings. The van der Waals surface area contributed by atoms with Crippen molar-refractivity contribution in [2.24, 2.45) is 5.41 Å². The summed E-state index contributed by atoms with van der Waals surface area (Å²) in [5, 5.41) is 0. The molecular weight excluding hydrogens is 292 g/mol. The summed E-state index contributed by atoms with van der Waals surface area (Å²) in [6, 6.07) is 0. The van der Waals surface area contributed by atoms with E-state index in [-0.39, 0.29) is 0 Å². The first-order chi connectivity index (χ1) is 11.0. The van der Waals surface area contributed by atoms with Crippen molar-refractivity contribution in [3.05, 3.63) is 17.4 Å². The number of allylic oxidation sites excluding steroid dienone is 1. The van der Waals surface area contributed by atoms with Crippen molar-refractivity contribution >= 4 is 11.9 Å². The van der Waals surface area contributed by atoms with Crippen LogP contribution in [0.5, 0.6) is 0 Å². The molecule has 4 heteroatoms. The fraction of sp³-hybridized carbons (Fsp3) is 0.737. The number of ether oxygens (including phenoxy) is 2. The van der Waals surface area contributed by atoms with Gasteiger partial charge in [0.05, 0.1) is 14.2 Å². The molecule has 0 spiro atoms. The van der Waals surface area contributed by atoms with E-state index in [0.29, 0.717) is 6.42 Å². The van der Waals surface area contributed by atoms with Gasteiger partial charge in [-0.1, -0.05) is 32.1 Å². The van der Waals surface area contributed by atoms with Gasteiger partial charge in [-0.2, -0.15) is 0 Å². The largest absolute Gasteiger partial charge is 0.468 e. The van der Waals surface area contributed by atoms with Gasteiger partial charge in [0.25, 0.3) is 0 Å². The Morgan fingerprint density at radius 3 is 2.09 bits per heavy atom. The topological polar surface area (TPSA) is 52.6 Å². The monoisotopic (exact) mass is 322 g/mol. The summed E-state index contributed by atoms with van der Waals surface area (Å²) in [6.45, 7) is 1.59. The van der Waals surface area contributed by atoms with Gasteiger partial charge < -0.3 is 9.47 Å². The van der Waals surface area contributed by atoms with E-state index in [0.717, 1.165) is 24.8 Å². The fourth-order valence-electron chi connectivity index (χ4n) is 3.00. The van der Waals surface area contributed by atoms with Crippen LogP contribution < -0.4 is 0 Å². The van der Waals surface area contributed by atoms with Crippen LogP contribution in [0.3, 0.4) is 0 Å². The number of hydrogen-bond acceptors (Lipinski definition) is 4. The van der Waals surface area contributed by atoms with Gasteiger partial charge in [-0.15, -0.1) is 5.73 Å². The number of methoxy groups -OCH3 is 2. The number of carbonyl (C=O) groups is 2. The lowest BCUT2D eigenvalue weighted by Crippen LogP contribution is -2.38. The smallest absolute Gasteiger partial charge is 0.323 e. The quantitative estimate of drug-likeness (QED) is 0.439. The second kappa shape index (κ2) is 10.3. The maximum atomic E-state index is 12.1. The third kappa shape index (κ3) is 6.23. The summed E-state index contributed by atoms with van der Waals surface area (Å²) >= 11 is 0.